The zero-order chi connectivity index (χ0) is 13.5. The fraction of sp³-hybridized carbons (Fsp3) is 0.600. The first-order valence-corrected chi connectivity index (χ1v) is 7.82. The zero-order valence-corrected chi connectivity index (χ0v) is 13.1. The van der Waals surface area contributed by atoms with Gasteiger partial charge in [0.15, 0.2) is 0 Å². The van der Waals surface area contributed by atoms with Crippen LogP contribution in [0.5, 0.6) is 5.75 Å². The number of ether oxygens (including phenoxy) is 1. The SMILES string of the molecule is COc1ccc(CNCCC2CCCNC2)cc1Br. The van der Waals surface area contributed by atoms with E-state index in [2.05, 4.69) is 38.7 Å². The van der Waals surface area contributed by atoms with Gasteiger partial charge in [0.25, 0.3) is 0 Å². The van der Waals surface area contributed by atoms with Crippen LogP contribution in [0.3, 0.4) is 0 Å². The number of nitrogens with one attached hydrogen (secondary N) is 2. The van der Waals surface area contributed by atoms with Gasteiger partial charge in [-0.15, -0.1) is 0 Å². The maximum absolute atomic E-state index is 5.23. The molecule has 106 valence electrons. The lowest BCUT2D eigenvalue weighted by molar-refractivity contribution is 0.352. The van der Waals surface area contributed by atoms with Crippen LogP contribution in [0.1, 0.15) is 24.8 Å². The molecule has 4 heteroatoms. The molecule has 1 saturated heterocycles. The largest absolute Gasteiger partial charge is 0.496 e. The summed E-state index contributed by atoms with van der Waals surface area (Å²) in [5, 5.41) is 6.99. The van der Waals surface area contributed by atoms with E-state index >= 15 is 0 Å². The van der Waals surface area contributed by atoms with Gasteiger partial charge in [-0.2, -0.15) is 0 Å². The zero-order valence-electron chi connectivity index (χ0n) is 11.5. The van der Waals surface area contributed by atoms with Crippen LogP contribution < -0.4 is 15.4 Å². The Bertz CT molecular complexity index is 392. The number of methoxy groups -OCH3 is 1. The number of halogens is 1. The normalized spacial score (nSPS) is 19.4. The van der Waals surface area contributed by atoms with E-state index in [1.165, 1.54) is 37.9 Å². The van der Waals surface area contributed by atoms with Gasteiger partial charge < -0.3 is 15.4 Å². The summed E-state index contributed by atoms with van der Waals surface area (Å²) in [5.74, 6) is 1.74. The van der Waals surface area contributed by atoms with Crippen molar-refractivity contribution in [3.63, 3.8) is 0 Å². The van der Waals surface area contributed by atoms with Crippen molar-refractivity contribution in [3.05, 3.63) is 28.2 Å². The molecular weight excluding hydrogens is 304 g/mol. The first kappa shape index (κ1) is 14.8. The molecule has 1 heterocycles. The van der Waals surface area contributed by atoms with Gasteiger partial charge in [0.2, 0.25) is 0 Å². The van der Waals surface area contributed by atoms with E-state index in [0.29, 0.717) is 0 Å². The third-order valence-corrected chi connectivity index (χ3v) is 4.29. The minimum atomic E-state index is 0.851. The molecule has 0 aromatic heterocycles. The topological polar surface area (TPSA) is 33.3 Å². The number of benzene rings is 1. The molecule has 1 aliphatic rings. The third-order valence-electron chi connectivity index (χ3n) is 3.67. The van der Waals surface area contributed by atoms with Crippen LogP contribution in [-0.4, -0.2) is 26.7 Å². The van der Waals surface area contributed by atoms with E-state index in [4.69, 9.17) is 4.74 Å². The highest BCUT2D eigenvalue weighted by Gasteiger charge is 2.11. The standard InChI is InChI=1S/C15H23BrN2O/c1-19-15-5-4-13(9-14(15)16)11-18-8-6-12-3-2-7-17-10-12/h4-5,9,12,17-18H,2-3,6-8,10-11H2,1H3. The van der Waals surface area contributed by atoms with Gasteiger partial charge in [-0.25, -0.2) is 0 Å². The Morgan fingerprint density at radius 1 is 1.47 bits per heavy atom. The van der Waals surface area contributed by atoms with Gasteiger partial charge in [0.05, 0.1) is 11.6 Å². The fourth-order valence-corrected chi connectivity index (χ4v) is 3.12. The number of hydrogen-bond donors (Lipinski definition) is 2. The summed E-state index contributed by atoms with van der Waals surface area (Å²) in [6.07, 6.45) is 3.98. The van der Waals surface area contributed by atoms with Crippen molar-refractivity contribution in [3.8, 4) is 5.75 Å². The number of rotatable bonds is 6. The molecule has 0 bridgehead atoms. The van der Waals surface area contributed by atoms with Gasteiger partial charge in [-0.1, -0.05) is 6.07 Å². The highest BCUT2D eigenvalue weighted by Crippen LogP contribution is 2.25. The summed E-state index contributed by atoms with van der Waals surface area (Å²) in [6.45, 7) is 4.40. The molecule has 19 heavy (non-hydrogen) atoms. The van der Waals surface area contributed by atoms with Gasteiger partial charge in [0.1, 0.15) is 5.75 Å². The molecule has 1 atom stereocenters. The second kappa shape index (κ2) is 7.88. The second-order valence-corrected chi connectivity index (χ2v) is 6.00. The van der Waals surface area contributed by atoms with Crippen molar-refractivity contribution >= 4 is 15.9 Å². The molecule has 3 nitrogen and oxygen atoms in total. The summed E-state index contributed by atoms with van der Waals surface area (Å²) < 4.78 is 6.25. The predicted molar refractivity (Wildman–Crippen MR) is 82.6 cm³/mol. The molecule has 1 unspecified atom stereocenters. The van der Waals surface area contributed by atoms with Crippen LogP contribution >= 0.6 is 15.9 Å². The van der Waals surface area contributed by atoms with Crippen molar-refractivity contribution in [1.29, 1.82) is 0 Å². The van der Waals surface area contributed by atoms with Crippen LogP contribution in [0, 0.1) is 5.92 Å². The van der Waals surface area contributed by atoms with Gasteiger partial charge in [0, 0.05) is 6.54 Å². The van der Waals surface area contributed by atoms with Crippen molar-refractivity contribution in [2.24, 2.45) is 5.92 Å². The van der Waals surface area contributed by atoms with E-state index in [9.17, 15) is 0 Å². The predicted octanol–water partition coefficient (Wildman–Crippen LogP) is 2.94. The maximum Gasteiger partial charge on any atom is 0.133 e. The van der Waals surface area contributed by atoms with E-state index in [1.807, 2.05) is 6.07 Å². The monoisotopic (exact) mass is 326 g/mol. The molecule has 2 rings (SSSR count). The van der Waals surface area contributed by atoms with Crippen molar-refractivity contribution in [2.45, 2.75) is 25.8 Å². The fourth-order valence-electron chi connectivity index (χ4n) is 2.53. The molecule has 1 aromatic carbocycles. The van der Waals surface area contributed by atoms with E-state index < -0.39 is 0 Å². The average molecular weight is 327 g/mol. The number of piperidine rings is 1. The lowest BCUT2D eigenvalue weighted by Gasteiger charge is -2.22. The first-order chi connectivity index (χ1) is 9.29. The lowest BCUT2D eigenvalue weighted by Crippen LogP contribution is -2.31. The quantitative estimate of drug-likeness (QED) is 0.788. The van der Waals surface area contributed by atoms with Crippen LogP contribution in [0.4, 0.5) is 0 Å². The molecule has 1 aromatic rings. The highest BCUT2D eigenvalue weighted by atomic mass is 79.9. The molecule has 0 amide bonds. The van der Waals surface area contributed by atoms with E-state index in [1.54, 1.807) is 7.11 Å². The van der Waals surface area contributed by atoms with Crippen LogP contribution in [-0.2, 0) is 6.54 Å². The number of hydrogen-bond acceptors (Lipinski definition) is 3. The Morgan fingerprint density at radius 2 is 2.37 bits per heavy atom. The average Bonchev–Trinajstić information content (AvgIpc) is 2.45. The molecule has 0 radical (unpaired) electrons. The molecular formula is C15H23BrN2O. The van der Waals surface area contributed by atoms with Crippen LogP contribution in [0.25, 0.3) is 0 Å². The Balaban J connectivity index is 1.69. The Labute approximate surface area is 124 Å². The molecule has 0 saturated carbocycles. The maximum atomic E-state index is 5.23. The van der Waals surface area contributed by atoms with E-state index in [-0.39, 0.29) is 0 Å². The molecule has 2 N–H and O–H groups in total. The molecule has 1 fully saturated rings. The first-order valence-electron chi connectivity index (χ1n) is 7.03. The molecule has 1 aliphatic heterocycles. The highest BCUT2D eigenvalue weighted by molar-refractivity contribution is 9.10. The summed E-state index contributed by atoms with van der Waals surface area (Å²) in [5.41, 5.74) is 1.29. The summed E-state index contributed by atoms with van der Waals surface area (Å²) in [6, 6.07) is 6.24. The van der Waals surface area contributed by atoms with Crippen LogP contribution in [0.2, 0.25) is 0 Å². The minimum absolute atomic E-state index is 0.851. The Morgan fingerprint density at radius 3 is 3.05 bits per heavy atom. The smallest absolute Gasteiger partial charge is 0.133 e. The van der Waals surface area contributed by atoms with E-state index in [0.717, 1.165) is 29.2 Å². The molecule has 0 aliphatic carbocycles. The van der Waals surface area contributed by atoms with Gasteiger partial charge in [-0.05, 0) is 78.4 Å². The molecule has 0 spiro atoms. The summed E-state index contributed by atoms with van der Waals surface area (Å²) in [4.78, 5) is 0. The second-order valence-electron chi connectivity index (χ2n) is 5.15. The minimum Gasteiger partial charge on any atom is -0.496 e. The van der Waals surface area contributed by atoms with Crippen LogP contribution in [0.15, 0.2) is 22.7 Å². The van der Waals surface area contributed by atoms with Gasteiger partial charge >= 0.3 is 0 Å². The Hall–Kier alpha value is -0.580. The summed E-state index contributed by atoms with van der Waals surface area (Å²) >= 11 is 3.52. The Kier molecular flexibility index (Phi) is 6.14. The van der Waals surface area contributed by atoms with Gasteiger partial charge in [-0.3, -0.25) is 0 Å². The third kappa shape index (κ3) is 4.79. The van der Waals surface area contributed by atoms with Crippen molar-refractivity contribution in [1.82, 2.24) is 10.6 Å². The van der Waals surface area contributed by atoms with Crippen molar-refractivity contribution in [2.75, 3.05) is 26.7 Å². The lowest BCUT2D eigenvalue weighted by atomic mass is 9.96. The summed E-state index contributed by atoms with van der Waals surface area (Å²) in [7, 11) is 1.69. The van der Waals surface area contributed by atoms with Crippen molar-refractivity contribution < 1.29 is 4.74 Å².